The molecule has 0 heterocycles. The minimum absolute atomic E-state index is 0.133. The van der Waals surface area contributed by atoms with Crippen LogP contribution in [0.1, 0.15) is 0 Å². The fourth-order valence-electron chi connectivity index (χ4n) is 0.464. The first kappa shape index (κ1) is 10.8. The molecule has 0 aliphatic heterocycles. The average molecular weight is 170 g/mol. The van der Waals surface area contributed by atoms with Crippen LogP contribution in [0.25, 0.3) is 0 Å². The Kier molecular flexibility index (Phi) is 4.52. The van der Waals surface area contributed by atoms with Crippen molar-refractivity contribution in [2.45, 2.75) is 0 Å². The third-order valence-electron chi connectivity index (χ3n) is 0.990. The van der Waals surface area contributed by atoms with Crippen LogP contribution in [0.5, 0.6) is 0 Å². The Morgan fingerprint density at radius 2 is 1.82 bits per heavy atom. The predicted octanol–water partition coefficient (Wildman–Crippen LogP) is 0.951. The summed E-state index contributed by atoms with van der Waals surface area (Å²) in [5, 5.41) is 0. The summed E-state index contributed by atoms with van der Waals surface area (Å²) >= 11 is 0. The quantitative estimate of drug-likeness (QED) is 0.449. The average Bonchev–Trinajstić information content (AvgIpc) is 1.78. The van der Waals surface area contributed by atoms with Crippen molar-refractivity contribution in [2.24, 2.45) is 0 Å². The normalized spacial score (nSPS) is 12.5. The van der Waals surface area contributed by atoms with E-state index in [4.69, 9.17) is 0 Å². The van der Waals surface area contributed by atoms with Gasteiger partial charge in [-0.2, -0.15) is 0 Å². The molecular formula is C5H12BF3NO-. The molecule has 0 aromatic rings. The molecule has 0 N–H and O–H groups in total. The highest BCUT2D eigenvalue weighted by atomic mass is 19.4. The van der Waals surface area contributed by atoms with Crippen LogP contribution >= 0.6 is 0 Å². The lowest BCUT2D eigenvalue weighted by Crippen LogP contribution is -2.27. The zero-order chi connectivity index (χ0) is 8.91. The van der Waals surface area contributed by atoms with Crippen LogP contribution in [0.4, 0.5) is 12.9 Å². The third-order valence-corrected chi connectivity index (χ3v) is 0.990. The van der Waals surface area contributed by atoms with Crippen molar-refractivity contribution in [3.8, 4) is 0 Å². The fraction of sp³-hybridized carbons (Fsp3) is 1.00. The molecule has 0 aliphatic rings. The fourth-order valence-corrected chi connectivity index (χ4v) is 0.464. The molecule has 0 radical (unpaired) electrons. The smallest absolute Gasteiger partial charge is 0.447 e. The van der Waals surface area contributed by atoms with Crippen molar-refractivity contribution in [3.63, 3.8) is 0 Å². The number of hydrogen-bond donors (Lipinski definition) is 0. The Hall–Kier alpha value is -0.225. The highest BCUT2D eigenvalue weighted by molar-refractivity contribution is 6.58. The van der Waals surface area contributed by atoms with Crippen molar-refractivity contribution in [1.29, 1.82) is 0 Å². The van der Waals surface area contributed by atoms with Gasteiger partial charge in [-0.1, -0.05) is 0 Å². The van der Waals surface area contributed by atoms with Gasteiger partial charge in [-0.05, 0) is 14.1 Å². The number of hydrogen-bond acceptors (Lipinski definition) is 2. The minimum Gasteiger partial charge on any atom is -0.447 e. The van der Waals surface area contributed by atoms with Crippen LogP contribution in [0.15, 0.2) is 0 Å². The summed E-state index contributed by atoms with van der Waals surface area (Å²) in [6, 6.07) is 0. The van der Waals surface area contributed by atoms with Gasteiger partial charge in [-0.3, -0.25) is 0 Å². The minimum atomic E-state index is -4.77. The maximum Gasteiger partial charge on any atom is 0.503 e. The van der Waals surface area contributed by atoms with Crippen molar-refractivity contribution >= 4 is 6.98 Å². The van der Waals surface area contributed by atoms with E-state index in [0.717, 1.165) is 0 Å². The molecule has 0 aromatic carbocycles. The van der Waals surface area contributed by atoms with E-state index in [9.17, 15) is 12.9 Å². The lowest BCUT2D eigenvalue weighted by atomic mass is 9.95. The van der Waals surface area contributed by atoms with Gasteiger partial charge in [0, 0.05) is 13.1 Å². The van der Waals surface area contributed by atoms with E-state index >= 15 is 0 Å². The van der Waals surface area contributed by atoms with E-state index in [0.29, 0.717) is 6.54 Å². The second-order valence-corrected chi connectivity index (χ2v) is 2.59. The molecule has 0 bridgehead atoms. The number of nitrogens with zero attached hydrogens (tertiary/aromatic N) is 1. The maximum atomic E-state index is 11.5. The number of halogens is 3. The molecule has 0 spiro atoms. The van der Waals surface area contributed by atoms with E-state index in [1.165, 1.54) is 0 Å². The van der Waals surface area contributed by atoms with Gasteiger partial charge in [-0.25, -0.2) is 0 Å². The summed E-state index contributed by atoms with van der Waals surface area (Å²) in [5.41, 5.74) is 0. The van der Waals surface area contributed by atoms with Gasteiger partial charge in [0.25, 0.3) is 0 Å². The SMILES string of the molecule is CN(C)CCOC[B-](F)(F)F. The van der Waals surface area contributed by atoms with Gasteiger partial charge in [-0.15, -0.1) is 0 Å². The lowest BCUT2D eigenvalue weighted by molar-refractivity contribution is 0.132. The molecule has 0 atom stereocenters. The largest absolute Gasteiger partial charge is 0.503 e. The van der Waals surface area contributed by atoms with Gasteiger partial charge in [0.1, 0.15) is 0 Å². The molecule has 0 saturated heterocycles. The molecule has 0 unspecified atom stereocenters. The highest BCUT2D eigenvalue weighted by Gasteiger charge is 2.22. The highest BCUT2D eigenvalue weighted by Crippen LogP contribution is 2.07. The van der Waals surface area contributed by atoms with Crippen molar-refractivity contribution in [2.75, 3.05) is 33.8 Å². The first-order chi connectivity index (χ1) is 4.92. The van der Waals surface area contributed by atoms with E-state index in [1.807, 2.05) is 0 Å². The second-order valence-electron chi connectivity index (χ2n) is 2.59. The third kappa shape index (κ3) is 9.77. The first-order valence-corrected chi connectivity index (χ1v) is 3.35. The molecule has 6 heteroatoms. The Bertz CT molecular complexity index is 106. The molecule has 0 aliphatic carbocycles. The Balaban J connectivity index is 3.15. The summed E-state index contributed by atoms with van der Waals surface area (Å²) in [7, 11) is 3.56. The first-order valence-electron chi connectivity index (χ1n) is 3.35. The zero-order valence-corrected chi connectivity index (χ0v) is 6.69. The monoisotopic (exact) mass is 170 g/mol. The van der Waals surface area contributed by atoms with Crippen molar-refractivity contribution in [1.82, 2.24) is 4.90 Å². The summed E-state index contributed by atoms with van der Waals surface area (Å²) in [6.07, 6.45) is 0. The van der Waals surface area contributed by atoms with Crippen LogP contribution in [0, 0.1) is 0 Å². The summed E-state index contributed by atoms with van der Waals surface area (Å²) in [4.78, 5) is 1.77. The van der Waals surface area contributed by atoms with Crippen molar-refractivity contribution in [3.05, 3.63) is 0 Å². The molecule has 2 nitrogen and oxygen atoms in total. The Labute approximate surface area is 64.4 Å². The summed E-state index contributed by atoms with van der Waals surface area (Å²) in [6.45, 7) is -5.21. The lowest BCUT2D eigenvalue weighted by Gasteiger charge is -2.15. The van der Waals surface area contributed by atoms with E-state index in [-0.39, 0.29) is 6.61 Å². The van der Waals surface area contributed by atoms with Gasteiger partial charge >= 0.3 is 6.98 Å². The molecule has 0 amide bonds. The molecule has 11 heavy (non-hydrogen) atoms. The van der Waals surface area contributed by atoms with E-state index < -0.39 is 13.5 Å². The van der Waals surface area contributed by atoms with E-state index in [1.54, 1.807) is 19.0 Å². The van der Waals surface area contributed by atoms with Crippen LogP contribution in [-0.2, 0) is 4.74 Å². The van der Waals surface area contributed by atoms with Gasteiger partial charge < -0.3 is 22.6 Å². The summed E-state index contributed by atoms with van der Waals surface area (Å²) in [5.74, 6) is 0. The Morgan fingerprint density at radius 1 is 1.27 bits per heavy atom. The topological polar surface area (TPSA) is 12.5 Å². The molecule has 0 saturated carbocycles. The zero-order valence-electron chi connectivity index (χ0n) is 6.69. The van der Waals surface area contributed by atoms with Gasteiger partial charge in [0.15, 0.2) is 0 Å². The molecular weight excluding hydrogens is 158 g/mol. The number of ether oxygens (including phenoxy) is 1. The maximum absolute atomic E-state index is 11.5. The number of likely N-dealkylation sites (N-methyl/N-ethyl adjacent to an activating group) is 1. The van der Waals surface area contributed by atoms with Crippen LogP contribution in [-0.4, -0.2) is 45.6 Å². The van der Waals surface area contributed by atoms with Crippen molar-refractivity contribution < 1.29 is 17.7 Å². The van der Waals surface area contributed by atoms with E-state index in [2.05, 4.69) is 4.74 Å². The van der Waals surface area contributed by atoms with Gasteiger partial charge in [0.05, 0.1) is 6.61 Å². The predicted molar refractivity (Wildman–Crippen MR) is 38.5 cm³/mol. The standard InChI is InChI=1S/C5H12BF3NO/c1-10(2)3-4-11-5-6(7,8)9/h3-5H2,1-2H3/q-1. The second kappa shape index (κ2) is 4.61. The van der Waals surface area contributed by atoms with Gasteiger partial charge in [0.2, 0.25) is 0 Å². The van der Waals surface area contributed by atoms with Crippen LogP contribution in [0.3, 0.4) is 0 Å². The van der Waals surface area contributed by atoms with Crippen LogP contribution in [0.2, 0.25) is 0 Å². The molecule has 0 aromatic heterocycles. The Morgan fingerprint density at radius 3 is 2.18 bits per heavy atom. The molecule has 68 valence electrons. The summed E-state index contributed by atoms with van der Waals surface area (Å²) < 4.78 is 38.9. The molecule has 0 fully saturated rings. The van der Waals surface area contributed by atoms with Crippen LogP contribution < -0.4 is 0 Å². The molecule has 0 rings (SSSR count). The number of rotatable bonds is 5.